The topological polar surface area (TPSA) is 72.2 Å². The number of nitrogens with one attached hydrogen (secondary N) is 1. The molecule has 21 heavy (non-hydrogen) atoms. The zero-order chi connectivity index (χ0) is 15.7. The molecule has 0 aliphatic rings. The summed E-state index contributed by atoms with van der Waals surface area (Å²) in [5, 5.41) is 0. The first-order chi connectivity index (χ1) is 10.0. The van der Waals surface area contributed by atoms with Gasteiger partial charge in [0.1, 0.15) is 0 Å². The van der Waals surface area contributed by atoms with Crippen LogP contribution in [0.15, 0.2) is 35.2 Å². The molecule has 0 amide bonds. The van der Waals surface area contributed by atoms with E-state index in [9.17, 15) is 8.42 Å². The molecule has 0 bridgehead atoms. The van der Waals surface area contributed by atoms with Crippen LogP contribution in [0, 0.1) is 0 Å². The van der Waals surface area contributed by atoms with Gasteiger partial charge < -0.3 is 5.73 Å². The summed E-state index contributed by atoms with van der Waals surface area (Å²) < 4.78 is 27.7. The van der Waals surface area contributed by atoms with Gasteiger partial charge in [-0.2, -0.15) is 0 Å². The fourth-order valence-corrected chi connectivity index (χ4v) is 3.60. The molecule has 1 rings (SSSR count). The fourth-order valence-electron chi connectivity index (χ4n) is 2.24. The number of nitrogens with two attached hydrogens (primary N) is 1. The highest BCUT2D eigenvalue weighted by Gasteiger charge is 2.19. The zero-order valence-corrected chi connectivity index (χ0v) is 13.7. The van der Waals surface area contributed by atoms with E-state index in [1.54, 1.807) is 24.3 Å². The molecule has 1 aromatic rings. The lowest BCUT2D eigenvalue weighted by atomic mass is 10.1. The molecule has 0 saturated heterocycles. The highest BCUT2D eigenvalue weighted by molar-refractivity contribution is 7.89. The first-order valence-corrected chi connectivity index (χ1v) is 9.00. The van der Waals surface area contributed by atoms with E-state index in [1.165, 1.54) is 0 Å². The molecule has 0 aromatic heterocycles. The largest absolute Gasteiger partial charge is 0.327 e. The lowest BCUT2D eigenvalue weighted by Crippen LogP contribution is -2.34. The predicted octanol–water partition coefficient (Wildman–Crippen LogP) is 2.91. The van der Waals surface area contributed by atoms with Crippen molar-refractivity contribution in [2.45, 2.75) is 50.5 Å². The van der Waals surface area contributed by atoms with Crippen molar-refractivity contribution in [1.82, 2.24) is 4.72 Å². The fraction of sp³-hybridized carbons (Fsp3) is 0.500. The van der Waals surface area contributed by atoms with Gasteiger partial charge in [0.15, 0.2) is 0 Å². The summed E-state index contributed by atoms with van der Waals surface area (Å²) in [7, 11) is -3.47. The second-order valence-corrected chi connectivity index (χ2v) is 6.82. The highest BCUT2D eigenvalue weighted by atomic mass is 32.2. The van der Waals surface area contributed by atoms with E-state index in [-0.39, 0.29) is 6.04 Å². The van der Waals surface area contributed by atoms with Crippen LogP contribution in [0.25, 0.3) is 6.08 Å². The molecule has 0 heterocycles. The minimum atomic E-state index is -3.47. The van der Waals surface area contributed by atoms with Crippen molar-refractivity contribution < 1.29 is 8.42 Å². The second-order valence-electron chi connectivity index (χ2n) is 5.11. The van der Waals surface area contributed by atoms with Gasteiger partial charge in [0.2, 0.25) is 10.0 Å². The second kappa shape index (κ2) is 8.97. The van der Waals surface area contributed by atoms with Gasteiger partial charge in [0.05, 0.1) is 4.90 Å². The van der Waals surface area contributed by atoms with Gasteiger partial charge in [-0.05, 0) is 30.5 Å². The first-order valence-electron chi connectivity index (χ1n) is 7.52. The summed E-state index contributed by atoms with van der Waals surface area (Å²) in [5.41, 5.74) is 6.25. The Hall–Kier alpha value is -1.17. The van der Waals surface area contributed by atoms with Crippen LogP contribution in [0.3, 0.4) is 0 Å². The molecule has 1 aromatic carbocycles. The number of benzene rings is 1. The van der Waals surface area contributed by atoms with Crippen molar-refractivity contribution in [3.63, 3.8) is 0 Å². The summed E-state index contributed by atoms with van der Waals surface area (Å²) in [6.07, 6.45) is 7.28. The molecular weight excluding hydrogens is 284 g/mol. The number of sulfonamides is 1. The first kappa shape index (κ1) is 17.9. The molecule has 0 radical (unpaired) electrons. The summed E-state index contributed by atoms with van der Waals surface area (Å²) in [6.45, 7) is 4.56. The predicted molar refractivity (Wildman–Crippen MR) is 88.5 cm³/mol. The average molecular weight is 310 g/mol. The van der Waals surface area contributed by atoms with E-state index in [1.807, 2.05) is 12.1 Å². The Balaban J connectivity index is 2.93. The third-order valence-electron chi connectivity index (χ3n) is 3.21. The van der Waals surface area contributed by atoms with Crippen molar-refractivity contribution >= 4 is 16.1 Å². The van der Waals surface area contributed by atoms with Gasteiger partial charge in [0.25, 0.3) is 0 Å². The van der Waals surface area contributed by atoms with Gasteiger partial charge in [-0.15, -0.1) is 0 Å². The molecule has 0 atom stereocenters. The summed E-state index contributed by atoms with van der Waals surface area (Å²) in [6, 6.07) is 6.91. The van der Waals surface area contributed by atoms with E-state index in [4.69, 9.17) is 5.73 Å². The number of hydrogen-bond donors (Lipinski definition) is 2. The monoisotopic (exact) mass is 310 g/mol. The van der Waals surface area contributed by atoms with Crippen molar-refractivity contribution in [3.8, 4) is 0 Å². The van der Waals surface area contributed by atoms with Crippen LogP contribution < -0.4 is 10.5 Å². The summed E-state index contributed by atoms with van der Waals surface area (Å²) in [5.74, 6) is 0. The molecule has 3 N–H and O–H groups in total. The molecule has 4 nitrogen and oxygen atoms in total. The Morgan fingerprint density at radius 1 is 1.24 bits per heavy atom. The molecule has 5 heteroatoms. The van der Waals surface area contributed by atoms with Gasteiger partial charge in [-0.25, -0.2) is 13.1 Å². The van der Waals surface area contributed by atoms with Gasteiger partial charge in [0, 0.05) is 12.6 Å². The van der Waals surface area contributed by atoms with E-state index < -0.39 is 10.0 Å². The van der Waals surface area contributed by atoms with Crippen LogP contribution in [0.1, 0.15) is 45.1 Å². The van der Waals surface area contributed by atoms with Crippen molar-refractivity contribution in [2.75, 3.05) is 6.54 Å². The van der Waals surface area contributed by atoms with Crippen molar-refractivity contribution in [3.05, 3.63) is 35.9 Å². The molecule has 0 aliphatic heterocycles. The quantitative estimate of drug-likeness (QED) is 0.736. The summed E-state index contributed by atoms with van der Waals surface area (Å²) >= 11 is 0. The Kier molecular flexibility index (Phi) is 7.64. The van der Waals surface area contributed by atoms with Crippen LogP contribution in [0.2, 0.25) is 0 Å². The molecule has 0 aliphatic carbocycles. The molecule has 0 saturated carbocycles. The van der Waals surface area contributed by atoms with Crippen LogP contribution >= 0.6 is 0 Å². The molecular formula is C16H26N2O2S. The van der Waals surface area contributed by atoms with Crippen LogP contribution in [0.4, 0.5) is 0 Å². The van der Waals surface area contributed by atoms with E-state index >= 15 is 0 Å². The highest BCUT2D eigenvalue weighted by Crippen LogP contribution is 2.15. The third kappa shape index (κ3) is 5.99. The van der Waals surface area contributed by atoms with Gasteiger partial charge >= 0.3 is 0 Å². The normalized spacial score (nSPS) is 12.4. The van der Waals surface area contributed by atoms with Crippen molar-refractivity contribution in [1.29, 1.82) is 0 Å². The standard InChI is InChI=1S/C16H26N2O2S/c1-3-7-15(8-4-2)18-21(19,20)16-11-5-9-14(13-16)10-6-12-17/h5-6,9-11,13,15,18H,3-4,7-8,12,17H2,1-2H3. The Labute approximate surface area is 128 Å². The molecule has 0 unspecified atom stereocenters. The van der Waals surface area contributed by atoms with Crippen LogP contribution in [-0.2, 0) is 10.0 Å². The van der Waals surface area contributed by atoms with Crippen molar-refractivity contribution in [2.24, 2.45) is 5.73 Å². The Bertz CT molecular complexity index is 547. The minimum absolute atomic E-state index is 0.00763. The van der Waals surface area contributed by atoms with Gasteiger partial charge in [-0.1, -0.05) is 51.0 Å². The van der Waals surface area contributed by atoms with E-state index in [2.05, 4.69) is 18.6 Å². The maximum absolute atomic E-state index is 12.5. The SMILES string of the molecule is CCCC(CCC)NS(=O)(=O)c1cccc(C=CCN)c1. The van der Waals surface area contributed by atoms with Crippen LogP contribution in [0.5, 0.6) is 0 Å². The van der Waals surface area contributed by atoms with E-state index in [0.29, 0.717) is 11.4 Å². The van der Waals surface area contributed by atoms with Crippen LogP contribution in [-0.4, -0.2) is 21.0 Å². The summed E-state index contributed by atoms with van der Waals surface area (Å²) in [4.78, 5) is 0.305. The lowest BCUT2D eigenvalue weighted by molar-refractivity contribution is 0.494. The number of rotatable bonds is 9. The maximum atomic E-state index is 12.5. The molecule has 0 spiro atoms. The third-order valence-corrected chi connectivity index (χ3v) is 4.73. The maximum Gasteiger partial charge on any atom is 0.240 e. The Morgan fingerprint density at radius 3 is 2.48 bits per heavy atom. The number of hydrogen-bond acceptors (Lipinski definition) is 3. The smallest absolute Gasteiger partial charge is 0.240 e. The van der Waals surface area contributed by atoms with Gasteiger partial charge in [-0.3, -0.25) is 0 Å². The average Bonchev–Trinajstić information content (AvgIpc) is 2.45. The molecule has 0 fully saturated rings. The lowest BCUT2D eigenvalue weighted by Gasteiger charge is -2.17. The Morgan fingerprint density at radius 2 is 1.90 bits per heavy atom. The van der Waals surface area contributed by atoms with E-state index in [0.717, 1.165) is 31.2 Å². The minimum Gasteiger partial charge on any atom is -0.327 e. The zero-order valence-electron chi connectivity index (χ0n) is 12.9. The molecule has 118 valence electrons.